The molecule has 0 bridgehead atoms. The fraction of sp³-hybridized carbons (Fsp3) is 0.556. The second-order valence-electron chi connectivity index (χ2n) is 6.90. The van der Waals surface area contributed by atoms with E-state index in [1.165, 1.54) is 4.90 Å². The van der Waals surface area contributed by atoms with E-state index in [2.05, 4.69) is 10.3 Å². The highest BCUT2D eigenvalue weighted by molar-refractivity contribution is 5.89. The number of benzene rings is 1. The number of carbonyl (C=O) groups is 1. The van der Waals surface area contributed by atoms with E-state index < -0.39 is 12.1 Å². The van der Waals surface area contributed by atoms with Gasteiger partial charge in [0.15, 0.2) is 0 Å². The van der Waals surface area contributed by atoms with Crippen LogP contribution in [-0.4, -0.2) is 48.9 Å². The molecule has 1 atom stereocenters. The number of halogens is 3. The Bertz CT molecular complexity index is 683. The topological polar surface area (TPSA) is 79.9 Å². The summed E-state index contributed by atoms with van der Waals surface area (Å²) in [5.74, 6) is -1.31. The van der Waals surface area contributed by atoms with E-state index in [4.69, 9.17) is 10.5 Å². The predicted octanol–water partition coefficient (Wildman–Crippen LogP) is 3.14. The number of ether oxygens (including phenoxy) is 1. The number of likely N-dealkylation sites (tertiary alicyclic amines) is 1. The first-order chi connectivity index (χ1) is 12.8. The number of alkyl halides is 3. The fourth-order valence-electron chi connectivity index (χ4n) is 3.28. The monoisotopic (exact) mass is 384 g/mol. The van der Waals surface area contributed by atoms with Gasteiger partial charge >= 0.3 is 12.2 Å². The van der Waals surface area contributed by atoms with Gasteiger partial charge in [-0.3, -0.25) is 0 Å². The Balaban J connectivity index is 1.45. The van der Waals surface area contributed by atoms with E-state index in [0.717, 1.165) is 18.4 Å². The van der Waals surface area contributed by atoms with Crippen molar-refractivity contribution in [3.05, 3.63) is 29.8 Å². The fourth-order valence-corrected chi connectivity index (χ4v) is 3.28. The Morgan fingerprint density at radius 2 is 1.93 bits per heavy atom. The van der Waals surface area contributed by atoms with Crippen LogP contribution in [0.1, 0.15) is 24.8 Å². The maximum absolute atomic E-state index is 12.7. The summed E-state index contributed by atoms with van der Waals surface area (Å²) < 4.78 is 43.2. The standard InChI is InChI=1S/C18H23F3N4O2/c19-18(20,21)13-7-9-25(10-8-13)17(26)24-14-4-1-12(2-5-14)3-6-15-11-27-16(22)23-15/h1-2,4-5,13,15H,3,6-11H2,(H2,22,23)(H,24,26)/t15-/m0/s1. The third-order valence-corrected chi connectivity index (χ3v) is 4.95. The molecule has 148 valence electrons. The second-order valence-corrected chi connectivity index (χ2v) is 6.90. The van der Waals surface area contributed by atoms with Gasteiger partial charge in [0.2, 0.25) is 0 Å². The summed E-state index contributed by atoms with van der Waals surface area (Å²) in [5, 5.41) is 2.74. The number of amidine groups is 1. The molecule has 1 saturated heterocycles. The summed E-state index contributed by atoms with van der Waals surface area (Å²) in [4.78, 5) is 17.8. The predicted molar refractivity (Wildman–Crippen MR) is 95.5 cm³/mol. The minimum Gasteiger partial charge on any atom is -0.463 e. The number of rotatable bonds is 4. The van der Waals surface area contributed by atoms with Crippen LogP contribution >= 0.6 is 0 Å². The molecule has 3 rings (SSSR count). The van der Waals surface area contributed by atoms with Crippen LogP contribution in [0.5, 0.6) is 0 Å². The van der Waals surface area contributed by atoms with Crippen LogP contribution in [0.3, 0.4) is 0 Å². The largest absolute Gasteiger partial charge is 0.463 e. The van der Waals surface area contributed by atoms with Crippen LogP contribution in [0.2, 0.25) is 0 Å². The Morgan fingerprint density at radius 1 is 1.26 bits per heavy atom. The highest BCUT2D eigenvalue weighted by atomic mass is 19.4. The Hall–Kier alpha value is -2.45. The average molecular weight is 384 g/mol. The molecular weight excluding hydrogens is 361 g/mol. The summed E-state index contributed by atoms with van der Waals surface area (Å²) >= 11 is 0. The van der Waals surface area contributed by atoms with E-state index >= 15 is 0 Å². The first kappa shape index (κ1) is 19.3. The van der Waals surface area contributed by atoms with Crippen LogP contribution in [0.25, 0.3) is 0 Å². The minimum atomic E-state index is -4.18. The summed E-state index contributed by atoms with van der Waals surface area (Å²) in [6, 6.07) is 7.34. The highest BCUT2D eigenvalue weighted by Gasteiger charge is 2.41. The lowest BCUT2D eigenvalue weighted by Gasteiger charge is -2.32. The zero-order valence-corrected chi connectivity index (χ0v) is 14.8. The summed E-state index contributed by atoms with van der Waals surface area (Å²) in [6.45, 7) is 0.730. The normalized spacial score (nSPS) is 20.9. The Morgan fingerprint density at radius 3 is 2.48 bits per heavy atom. The number of aliphatic imine (C=N–C) groups is 1. The van der Waals surface area contributed by atoms with Crippen LogP contribution in [0.15, 0.2) is 29.3 Å². The van der Waals surface area contributed by atoms with E-state index in [-0.39, 0.29) is 44.0 Å². The number of nitrogens with one attached hydrogen (secondary N) is 1. The van der Waals surface area contributed by atoms with E-state index in [9.17, 15) is 18.0 Å². The van der Waals surface area contributed by atoms with Gasteiger partial charge in [0.1, 0.15) is 6.61 Å². The third-order valence-electron chi connectivity index (χ3n) is 4.95. The lowest BCUT2D eigenvalue weighted by atomic mass is 9.96. The van der Waals surface area contributed by atoms with E-state index in [1.807, 2.05) is 12.1 Å². The van der Waals surface area contributed by atoms with Gasteiger partial charge < -0.3 is 20.7 Å². The van der Waals surface area contributed by atoms with Gasteiger partial charge in [-0.2, -0.15) is 13.2 Å². The van der Waals surface area contributed by atoms with Crippen molar-refractivity contribution in [2.45, 2.75) is 37.9 Å². The number of carbonyl (C=O) groups excluding carboxylic acids is 1. The van der Waals surface area contributed by atoms with E-state index in [1.54, 1.807) is 12.1 Å². The Labute approximate surface area is 155 Å². The molecule has 2 aliphatic rings. The number of nitrogens with two attached hydrogens (primary N) is 1. The Kier molecular flexibility index (Phi) is 5.76. The minimum absolute atomic E-state index is 0.0479. The van der Waals surface area contributed by atoms with Crippen molar-refractivity contribution in [2.24, 2.45) is 16.6 Å². The number of amides is 2. The van der Waals surface area contributed by atoms with Crippen molar-refractivity contribution in [1.82, 2.24) is 4.90 Å². The van der Waals surface area contributed by atoms with Crippen molar-refractivity contribution >= 4 is 17.7 Å². The molecule has 1 aromatic rings. The molecule has 0 unspecified atom stereocenters. The molecule has 3 N–H and O–H groups in total. The second kappa shape index (κ2) is 8.06. The molecule has 2 heterocycles. The first-order valence-electron chi connectivity index (χ1n) is 8.99. The molecule has 0 aliphatic carbocycles. The molecule has 2 aliphatic heterocycles. The maximum Gasteiger partial charge on any atom is 0.391 e. The van der Waals surface area contributed by atoms with Gasteiger partial charge in [0, 0.05) is 18.8 Å². The molecule has 0 saturated carbocycles. The number of aryl methyl sites for hydroxylation is 1. The van der Waals surface area contributed by atoms with Crippen molar-refractivity contribution in [1.29, 1.82) is 0 Å². The molecule has 0 radical (unpaired) electrons. The molecule has 2 amide bonds. The number of nitrogens with zero attached hydrogens (tertiary/aromatic N) is 2. The molecule has 6 nitrogen and oxygen atoms in total. The lowest BCUT2D eigenvalue weighted by Crippen LogP contribution is -2.43. The zero-order valence-electron chi connectivity index (χ0n) is 14.8. The van der Waals surface area contributed by atoms with Crippen LogP contribution < -0.4 is 11.1 Å². The maximum atomic E-state index is 12.7. The van der Waals surface area contributed by atoms with Crippen LogP contribution in [0.4, 0.5) is 23.7 Å². The van der Waals surface area contributed by atoms with Crippen molar-refractivity contribution in [2.75, 3.05) is 25.0 Å². The zero-order chi connectivity index (χ0) is 19.4. The van der Waals surface area contributed by atoms with Crippen LogP contribution in [-0.2, 0) is 11.2 Å². The average Bonchev–Trinajstić information content (AvgIpc) is 3.06. The van der Waals surface area contributed by atoms with Crippen LogP contribution in [0, 0.1) is 5.92 Å². The summed E-state index contributed by atoms with van der Waals surface area (Å²) in [7, 11) is 0. The molecule has 0 spiro atoms. The molecule has 1 aromatic carbocycles. The third kappa shape index (κ3) is 5.27. The number of anilines is 1. The first-order valence-corrected chi connectivity index (χ1v) is 8.99. The SMILES string of the molecule is NC1=N[C@@H](CCc2ccc(NC(=O)N3CCC(C(F)(F)F)CC3)cc2)CO1. The molecule has 27 heavy (non-hydrogen) atoms. The summed E-state index contributed by atoms with van der Waals surface area (Å²) in [5.41, 5.74) is 7.19. The van der Waals surface area contributed by atoms with E-state index in [0.29, 0.717) is 12.3 Å². The number of piperidine rings is 1. The lowest BCUT2D eigenvalue weighted by molar-refractivity contribution is -0.183. The molecule has 1 fully saturated rings. The molecular formula is C18H23F3N4O2. The van der Waals surface area contributed by atoms with Gasteiger partial charge in [-0.05, 0) is 43.4 Å². The number of urea groups is 1. The summed E-state index contributed by atoms with van der Waals surface area (Å²) in [6.07, 6.45) is -2.65. The van der Waals surface area contributed by atoms with Gasteiger partial charge in [-0.15, -0.1) is 0 Å². The molecule has 0 aromatic heterocycles. The number of hydrogen-bond donors (Lipinski definition) is 2. The smallest absolute Gasteiger partial charge is 0.391 e. The number of hydrogen-bond acceptors (Lipinski definition) is 4. The van der Waals surface area contributed by atoms with Crippen molar-refractivity contribution < 1.29 is 22.7 Å². The van der Waals surface area contributed by atoms with Crippen molar-refractivity contribution in [3.8, 4) is 0 Å². The quantitative estimate of drug-likeness (QED) is 0.837. The van der Waals surface area contributed by atoms with Gasteiger partial charge in [-0.25, -0.2) is 9.79 Å². The highest BCUT2D eigenvalue weighted by Crippen LogP contribution is 2.34. The van der Waals surface area contributed by atoms with Crippen molar-refractivity contribution in [3.63, 3.8) is 0 Å². The van der Waals surface area contributed by atoms with Gasteiger partial charge in [-0.1, -0.05) is 12.1 Å². The van der Waals surface area contributed by atoms with Gasteiger partial charge in [0.05, 0.1) is 12.0 Å². The van der Waals surface area contributed by atoms with Gasteiger partial charge in [0.25, 0.3) is 6.02 Å². The molecule has 9 heteroatoms.